The van der Waals surface area contributed by atoms with E-state index in [2.05, 4.69) is 17.4 Å². The second kappa shape index (κ2) is 9.93. The molecule has 144 valence electrons. The molecule has 0 spiro atoms. The zero-order chi connectivity index (χ0) is 17.6. The van der Waals surface area contributed by atoms with E-state index >= 15 is 0 Å². The standard InChI is InChI=1S/C20H28N2O3.ClH/c23-19(24)6-1-15-9-13-22(14-10-15)20(25)18-4-2-16(3-5-18)17-7-11-21-12-8-17;/h2-5,15,17,21H,1,6-14H2,(H,23,24);1H. The summed E-state index contributed by atoms with van der Waals surface area (Å²) in [6, 6.07) is 8.16. The van der Waals surface area contributed by atoms with Crippen molar-refractivity contribution in [3.8, 4) is 0 Å². The molecular formula is C20H29ClN2O3. The molecule has 5 nitrogen and oxygen atoms in total. The predicted molar refractivity (Wildman–Crippen MR) is 104 cm³/mol. The van der Waals surface area contributed by atoms with Crippen LogP contribution in [-0.4, -0.2) is 48.1 Å². The second-order valence-corrected chi connectivity index (χ2v) is 7.31. The lowest BCUT2D eigenvalue weighted by Crippen LogP contribution is -2.38. The van der Waals surface area contributed by atoms with E-state index in [1.54, 1.807) is 0 Å². The molecule has 1 aromatic rings. The zero-order valence-electron chi connectivity index (χ0n) is 15.2. The third-order valence-electron chi connectivity index (χ3n) is 5.64. The number of piperidine rings is 2. The summed E-state index contributed by atoms with van der Waals surface area (Å²) in [5, 5.41) is 12.2. The van der Waals surface area contributed by atoms with Crippen LogP contribution in [0.4, 0.5) is 0 Å². The predicted octanol–water partition coefficient (Wildman–Crippen LogP) is 3.29. The van der Waals surface area contributed by atoms with Gasteiger partial charge in [0.05, 0.1) is 0 Å². The third-order valence-corrected chi connectivity index (χ3v) is 5.64. The van der Waals surface area contributed by atoms with Crippen LogP contribution in [0.2, 0.25) is 0 Å². The number of likely N-dealkylation sites (tertiary alicyclic amines) is 1. The number of nitrogens with zero attached hydrogens (tertiary/aromatic N) is 1. The van der Waals surface area contributed by atoms with Crippen molar-refractivity contribution in [3.05, 3.63) is 35.4 Å². The molecule has 0 unspecified atom stereocenters. The maximum Gasteiger partial charge on any atom is 0.303 e. The highest BCUT2D eigenvalue weighted by Crippen LogP contribution is 2.26. The van der Waals surface area contributed by atoms with Crippen molar-refractivity contribution < 1.29 is 14.7 Å². The van der Waals surface area contributed by atoms with Crippen molar-refractivity contribution in [2.75, 3.05) is 26.2 Å². The fraction of sp³-hybridized carbons (Fsp3) is 0.600. The molecule has 6 heteroatoms. The van der Waals surface area contributed by atoms with E-state index in [9.17, 15) is 9.59 Å². The van der Waals surface area contributed by atoms with Crippen LogP contribution in [0, 0.1) is 5.92 Å². The summed E-state index contributed by atoms with van der Waals surface area (Å²) < 4.78 is 0. The molecular weight excluding hydrogens is 352 g/mol. The van der Waals surface area contributed by atoms with Crippen molar-refractivity contribution in [3.63, 3.8) is 0 Å². The highest BCUT2D eigenvalue weighted by atomic mass is 35.5. The summed E-state index contributed by atoms with van der Waals surface area (Å²) in [5.74, 6) is 0.415. The van der Waals surface area contributed by atoms with Crippen LogP contribution in [-0.2, 0) is 4.79 Å². The minimum atomic E-state index is -0.729. The van der Waals surface area contributed by atoms with E-state index < -0.39 is 5.97 Å². The molecule has 0 aliphatic carbocycles. The Morgan fingerprint density at radius 1 is 1.04 bits per heavy atom. The van der Waals surface area contributed by atoms with Gasteiger partial charge in [-0.3, -0.25) is 9.59 Å². The first kappa shape index (κ1) is 20.7. The number of rotatable bonds is 5. The Morgan fingerprint density at radius 2 is 1.65 bits per heavy atom. The van der Waals surface area contributed by atoms with E-state index in [0.717, 1.165) is 63.8 Å². The molecule has 0 aromatic heterocycles. The van der Waals surface area contributed by atoms with E-state index in [1.807, 2.05) is 17.0 Å². The molecule has 26 heavy (non-hydrogen) atoms. The van der Waals surface area contributed by atoms with Crippen molar-refractivity contribution in [2.24, 2.45) is 5.92 Å². The molecule has 0 bridgehead atoms. The lowest BCUT2D eigenvalue weighted by molar-refractivity contribution is -0.137. The number of carbonyl (C=O) groups excluding carboxylic acids is 1. The molecule has 2 heterocycles. The van der Waals surface area contributed by atoms with E-state index in [1.165, 1.54) is 5.56 Å². The number of hydrogen-bond acceptors (Lipinski definition) is 3. The van der Waals surface area contributed by atoms with E-state index in [4.69, 9.17) is 5.11 Å². The minimum absolute atomic E-state index is 0. The largest absolute Gasteiger partial charge is 0.481 e. The van der Waals surface area contributed by atoms with Crippen molar-refractivity contribution in [1.29, 1.82) is 0 Å². The third kappa shape index (κ3) is 5.45. The second-order valence-electron chi connectivity index (χ2n) is 7.31. The number of halogens is 1. The van der Waals surface area contributed by atoms with Gasteiger partial charge in [0.15, 0.2) is 0 Å². The fourth-order valence-corrected chi connectivity index (χ4v) is 3.99. The monoisotopic (exact) mass is 380 g/mol. The molecule has 2 aliphatic heterocycles. The number of carboxylic acids is 1. The smallest absolute Gasteiger partial charge is 0.303 e. The molecule has 0 radical (unpaired) electrons. The Hall–Kier alpha value is -1.59. The Labute approximate surface area is 161 Å². The average Bonchev–Trinajstić information content (AvgIpc) is 2.67. The highest BCUT2D eigenvalue weighted by Gasteiger charge is 2.24. The SMILES string of the molecule is Cl.O=C(O)CCC1CCN(C(=O)c2ccc(C3CCNCC3)cc2)CC1. The molecule has 2 saturated heterocycles. The minimum Gasteiger partial charge on any atom is -0.481 e. The average molecular weight is 381 g/mol. The molecule has 2 N–H and O–H groups in total. The number of aliphatic carboxylic acids is 1. The molecule has 1 amide bonds. The summed E-state index contributed by atoms with van der Waals surface area (Å²) in [5.41, 5.74) is 2.10. The number of carbonyl (C=O) groups is 2. The summed E-state index contributed by atoms with van der Waals surface area (Å²) in [6.45, 7) is 3.61. The first-order chi connectivity index (χ1) is 12.1. The number of benzene rings is 1. The molecule has 0 saturated carbocycles. The topological polar surface area (TPSA) is 69.6 Å². The summed E-state index contributed by atoms with van der Waals surface area (Å²) in [4.78, 5) is 25.3. The van der Waals surface area contributed by atoms with E-state index in [-0.39, 0.29) is 24.7 Å². The summed E-state index contributed by atoms with van der Waals surface area (Å²) in [7, 11) is 0. The number of amides is 1. The van der Waals surface area contributed by atoms with Crippen LogP contribution in [0.1, 0.15) is 60.4 Å². The Kier molecular flexibility index (Phi) is 7.91. The number of nitrogens with one attached hydrogen (secondary N) is 1. The Bertz CT molecular complexity index is 592. The molecule has 3 rings (SSSR count). The Morgan fingerprint density at radius 3 is 2.23 bits per heavy atom. The lowest BCUT2D eigenvalue weighted by Gasteiger charge is -2.32. The lowest BCUT2D eigenvalue weighted by atomic mass is 9.89. The first-order valence-electron chi connectivity index (χ1n) is 9.45. The van der Waals surface area contributed by atoms with Crippen LogP contribution < -0.4 is 5.32 Å². The normalized spacial score (nSPS) is 19.0. The van der Waals surface area contributed by atoms with Crippen LogP contribution >= 0.6 is 12.4 Å². The highest BCUT2D eigenvalue weighted by molar-refractivity contribution is 5.94. The first-order valence-corrected chi connectivity index (χ1v) is 9.45. The molecule has 2 aliphatic rings. The number of hydrogen-bond donors (Lipinski definition) is 2. The van der Waals surface area contributed by atoms with Crippen molar-refractivity contribution in [2.45, 2.75) is 44.4 Å². The maximum atomic E-state index is 12.7. The maximum absolute atomic E-state index is 12.7. The van der Waals surface area contributed by atoms with Gasteiger partial charge in [0, 0.05) is 25.1 Å². The fourth-order valence-electron chi connectivity index (χ4n) is 3.99. The van der Waals surface area contributed by atoms with Crippen molar-refractivity contribution >= 4 is 24.3 Å². The van der Waals surface area contributed by atoms with Gasteiger partial charge in [0.2, 0.25) is 0 Å². The van der Waals surface area contributed by atoms with Gasteiger partial charge in [-0.15, -0.1) is 12.4 Å². The summed E-state index contributed by atoms with van der Waals surface area (Å²) >= 11 is 0. The van der Waals surface area contributed by atoms with Gasteiger partial charge in [-0.1, -0.05) is 12.1 Å². The van der Waals surface area contributed by atoms with Gasteiger partial charge in [-0.05, 0) is 74.7 Å². The zero-order valence-corrected chi connectivity index (χ0v) is 16.0. The van der Waals surface area contributed by atoms with E-state index in [0.29, 0.717) is 11.8 Å². The van der Waals surface area contributed by atoms with Crippen LogP contribution in [0.25, 0.3) is 0 Å². The van der Waals surface area contributed by atoms with Crippen LogP contribution in [0.3, 0.4) is 0 Å². The van der Waals surface area contributed by atoms with Gasteiger partial charge in [-0.25, -0.2) is 0 Å². The van der Waals surface area contributed by atoms with Crippen LogP contribution in [0.15, 0.2) is 24.3 Å². The summed E-state index contributed by atoms with van der Waals surface area (Å²) in [6.07, 6.45) is 5.10. The molecule has 1 aromatic carbocycles. The quantitative estimate of drug-likeness (QED) is 0.822. The van der Waals surface area contributed by atoms with Gasteiger partial charge < -0.3 is 15.3 Å². The number of carboxylic acid groups (broad SMARTS) is 1. The van der Waals surface area contributed by atoms with Crippen molar-refractivity contribution in [1.82, 2.24) is 10.2 Å². The molecule has 0 atom stereocenters. The van der Waals surface area contributed by atoms with Gasteiger partial charge in [0.1, 0.15) is 0 Å². The van der Waals surface area contributed by atoms with Crippen LogP contribution in [0.5, 0.6) is 0 Å². The Balaban J connectivity index is 0.00000243. The van der Waals surface area contributed by atoms with Gasteiger partial charge >= 0.3 is 5.97 Å². The molecule has 2 fully saturated rings. The van der Waals surface area contributed by atoms with Gasteiger partial charge in [0.25, 0.3) is 5.91 Å². The van der Waals surface area contributed by atoms with Gasteiger partial charge in [-0.2, -0.15) is 0 Å².